The van der Waals surface area contributed by atoms with Crippen LogP contribution in [-0.4, -0.2) is 31.1 Å². The Kier molecular flexibility index (Phi) is 4.03. The van der Waals surface area contributed by atoms with E-state index in [4.69, 9.17) is 0 Å². The van der Waals surface area contributed by atoms with Crippen molar-refractivity contribution in [2.75, 3.05) is 0 Å². The summed E-state index contributed by atoms with van der Waals surface area (Å²) in [7, 11) is 0. The number of fused-ring (bicyclic) bond motifs is 5. The Hall–Kier alpha value is -2.22. The lowest BCUT2D eigenvalue weighted by molar-refractivity contribution is -0.122. The van der Waals surface area contributed by atoms with Crippen molar-refractivity contribution in [3.8, 4) is 0 Å². The van der Waals surface area contributed by atoms with Crippen LogP contribution in [0.5, 0.6) is 0 Å². The van der Waals surface area contributed by atoms with Gasteiger partial charge in [0.2, 0.25) is 5.91 Å². The molecule has 7 nitrogen and oxygen atoms in total. The average molecular weight is 385 g/mol. The molecule has 0 unspecified atom stereocenters. The van der Waals surface area contributed by atoms with Gasteiger partial charge in [0.15, 0.2) is 5.65 Å². The van der Waals surface area contributed by atoms with E-state index in [2.05, 4.69) is 22.3 Å². The van der Waals surface area contributed by atoms with Crippen LogP contribution < -0.4 is 11.0 Å². The molecule has 0 aliphatic heterocycles. The van der Waals surface area contributed by atoms with E-state index in [0.29, 0.717) is 11.6 Å². The Morgan fingerprint density at radius 1 is 1.33 bits per heavy atom. The van der Waals surface area contributed by atoms with Crippen LogP contribution in [0.3, 0.4) is 0 Å². The zero-order valence-electron chi connectivity index (χ0n) is 15.4. The van der Waals surface area contributed by atoms with E-state index in [-0.39, 0.29) is 24.2 Å². The van der Waals surface area contributed by atoms with E-state index in [1.807, 2.05) is 0 Å². The van der Waals surface area contributed by atoms with Gasteiger partial charge in [0.1, 0.15) is 17.7 Å². The van der Waals surface area contributed by atoms with Crippen molar-refractivity contribution in [1.29, 1.82) is 0 Å². The lowest BCUT2D eigenvalue weighted by atomic mass is 9.89. The van der Waals surface area contributed by atoms with E-state index >= 15 is 0 Å². The molecule has 3 aromatic rings. The maximum atomic E-state index is 12.7. The quantitative estimate of drug-likeness (QED) is 0.750. The maximum Gasteiger partial charge on any atom is 0.352 e. The van der Waals surface area contributed by atoms with Crippen LogP contribution in [0.1, 0.15) is 49.5 Å². The van der Waals surface area contributed by atoms with E-state index in [1.165, 1.54) is 19.5 Å². The molecule has 27 heavy (non-hydrogen) atoms. The minimum Gasteiger partial charge on any atom is -0.352 e. The van der Waals surface area contributed by atoms with Gasteiger partial charge in [-0.1, -0.05) is 19.8 Å². The number of nitrogens with zero attached hydrogens (tertiary/aromatic N) is 4. The number of thiophene rings is 1. The fourth-order valence-corrected chi connectivity index (χ4v) is 5.79. The number of amides is 1. The van der Waals surface area contributed by atoms with Crippen LogP contribution in [0, 0.1) is 5.92 Å². The van der Waals surface area contributed by atoms with E-state index in [0.717, 1.165) is 55.2 Å². The summed E-state index contributed by atoms with van der Waals surface area (Å²) in [4.78, 5) is 31.9. The molecule has 1 saturated carbocycles. The summed E-state index contributed by atoms with van der Waals surface area (Å²) in [5, 5.41) is 8.55. The smallest absolute Gasteiger partial charge is 0.352 e. The van der Waals surface area contributed by atoms with Gasteiger partial charge >= 0.3 is 5.69 Å². The topological polar surface area (TPSA) is 81.3 Å². The summed E-state index contributed by atoms with van der Waals surface area (Å²) in [6, 6.07) is 0.240. The van der Waals surface area contributed by atoms with Crippen molar-refractivity contribution >= 4 is 33.1 Å². The first-order valence-corrected chi connectivity index (χ1v) is 10.6. The van der Waals surface area contributed by atoms with Gasteiger partial charge < -0.3 is 5.32 Å². The first-order valence-electron chi connectivity index (χ1n) is 9.78. The molecule has 8 heteroatoms. The standard InChI is InChI=1S/C19H23N5O2S/c1-11-6-7-13-14(8-11)27-18-16(13)17-22-24(19(26)23(17)10-20-18)9-15(25)21-12-4-2-3-5-12/h10-12H,2-9H2,1H3,(H,21,25)/t11-/m0/s1. The van der Waals surface area contributed by atoms with Crippen LogP contribution in [-0.2, 0) is 24.2 Å². The van der Waals surface area contributed by atoms with Crippen LogP contribution in [0.2, 0.25) is 0 Å². The summed E-state index contributed by atoms with van der Waals surface area (Å²) in [6.07, 6.45) is 9.12. The Morgan fingerprint density at radius 3 is 2.96 bits per heavy atom. The molecule has 2 aliphatic carbocycles. The summed E-state index contributed by atoms with van der Waals surface area (Å²) in [5.41, 5.74) is 1.62. The lowest BCUT2D eigenvalue weighted by Crippen LogP contribution is -2.37. The molecular formula is C19H23N5O2S. The second kappa shape index (κ2) is 6.44. The fraction of sp³-hybridized carbons (Fsp3) is 0.579. The van der Waals surface area contributed by atoms with Crippen molar-refractivity contribution in [2.24, 2.45) is 5.92 Å². The largest absolute Gasteiger partial charge is 0.352 e. The molecule has 0 aromatic carbocycles. The molecule has 1 amide bonds. The first-order chi connectivity index (χ1) is 13.1. The summed E-state index contributed by atoms with van der Waals surface area (Å²) in [5.74, 6) is 0.540. The van der Waals surface area contributed by atoms with Crippen LogP contribution in [0.25, 0.3) is 15.9 Å². The van der Waals surface area contributed by atoms with Crippen molar-refractivity contribution in [3.05, 3.63) is 27.3 Å². The summed E-state index contributed by atoms with van der Waals surface area (Å²) < 4.78 is 2.76. The number of aromatic nitrogens is 4. The van der Waals surface area contributed by atoms with Crippen molar-refractivity contribution in [2.45, 2.75) is 64.5 Å². The van der Waals surface area contributed by atoms with E-state index in [1.54, 1.807) is 17.7 Å². The van der Waals surface area contributed by atoms with Gasteiger partial charge in [-0.15, -0.1) is 16.4 Å². The second-order valence-electron chi connectivity index (χ2n) is 7.96. The number of aryl methyl sites for hydroxylation is 1. The number of carbonyl (C=O) groups excluding carboxylic acids is 1. The molecule has 1 atom stereocenters. The molecule has 0 spiro atoms. The van der Waals surface area contributed by atoms with E-state index < -0.39 is 0 Å². The predicted molar refractivity (Wildman–Crippen MR) is 104 cm³/mol. The van der Waals surface area contributed by atoms with Crippen molar-refractivity contribution < 1.29 is 4.79 Å². The van der Waals surface area contributed by atoms with Gasteiger partial charge in [-0.3, -0.25) is 4.79 Å². The molecular weight excluding hydrogens is 362 g/mol. The highest BCUT2D eigenvalue weighted by atomic mass is 32.1. The summed E-state index contributed by atoms with van der Waals surface area (Å²) >= 11 is 1.71. The minimum atomic E-state index is -0.301. The Morgan fingerprint density at radius 2 is 2.15 bits per heavy atom. The van der Waals surface area contributed by atoms with Gasteiger partial charge in [0.25, 0.3) is 0 Å². The minimum absolute atomic E-state index is 0.0398. The molecule has 1 N–H and O–H groups in total. The first kappa shape index (κ1) is 16.9. The monoisotopic (exact) mass is 385 g/mol. The fourth-order valence-electron chi connectivity index (χ4n) is 4.45. The third-order valence-electron chi connectivity index (χ3n) is 5.89. The second-order valence-corrected chi connectivity index (χ2v) is 9.04. The van der Waals surface area contributed by atoms with Crippen molar-refractivity contribution in [3.63, 3.8) is 0 Å². The maximum absolute atomic E-state index is 12.7. The Balaban J connectivity index is 1.53. The predicted octanol–water partition coefficient (Wildman–Crippen LogP) is 2.29. The zero-order chi connectivity index (χ0) is 18.5. The number of rotatable bonds is 3. The molecule has 0 radical (unpaired) electrons. The number of hydrogen-bond acceptors (Lipinski definition) is 5. The van der Waals surface area contributed by atoms with Crippen molar-refractivity contribution in [1.82, 2.24) is 24.5 Å². The third-order valence-corrected chi connectivity index (χ3v) is 7.05. The highest BCUT2D eigenvalue weighted by Crippen LogP contribution is 2.38. The molecule has 0 bridgehead atoms. The summed E-state index contributed by atoms with van der Waals surface area (Å²) in [6.45, 7) is 2.24. The Labute approximate surface area is 160 Å². The molecule has 142 valence electrons. The molecule has 3 heterocycles. The molecule has 0 saturated heterocycles. The zero-order valence-corrected chi connectivity index (χ0v) is 16.2. The van der Waals surface area contributed by atoms with Gasteiger partial charge in [0.05, 0.1) is 5.39 Å². The number of hydrogen-bond donors (Lipinski definition) is 1. The van der Waals surface area contributed by atoms with Crippen LogP contribution in [0.4, 0.5) is 0 Å². The highest BCUT2D eigenvalue weighted by Gasteiger charge is 2.25. The average Bonchev–Trinajstić information content (AvgIpc) is 3.33. The van der Waals surface area contributed by atoms with E-state index in [9.17, 15) is 9.59 Å². The van der Waals surface area contributed by atoms with Crippen LogP contribution >= 0.6 is 11.3 Å². The van der Waals surface area contributed by atoms with Gasteiger partial charge in [0, 0.05) is 10.9 Å². The normalized spacial score (nSPS) is 20.4. The lowest BCUT2D eigenvalue weighted by Gasteiger charge is -2.17. The molecule has 2 aliphatic rings. The van der Waals surface area contributed by atoms with Crippen LogP contribution in [0.15, 0.2) is 11.1 Å². The molecule has 1 fully saturated rings. The SMILES string of the molecule is C[C@H]1CCc2c(sc3ncn4c(=O)n(CC(=O)NC5CCCC5)nc4c23)C1. The van der Waals surface area contributed by atoms with Gasteiger partial charge in [-0.05, 0) is 43.6 Å². The number of carbonyl (C=O) groups is 1. The molecule has 5 rings (SSSR count). The van der Waals surface area contributed by atoms with Gasteiger partial charge in [-0.2, -0.15) is 0 Å². The Bertz CT molecular complexity index is 1090. The highest BCUT2D eigenvalue weighted by molar-refractivity contribution is 7.19. The third kappa shape index (κ3) is 2.86. The number of nitrogens with one attached hydrogen (secondary N) is 1. The van der Waals surface area contributed by atoms with Gasteiger partial charge in [-0.25, -0.2) is 18.9 Å². The molecule has 3 aromatic heterocycles.